The predicted molar refractivity (Wildman–Crippen MR) is 116 cm³/mol. The Morgan fingerprint density at radius 3 is 2.40 bits per heavy atom. The monoisotopic (exact) mass is 484 g/mol. The molecule has 30 heavy (non-hydrogen) atoms. The van der Waals surface area contributed by atoms with Crippen LogP contribution in [-0.4, -0.2) is 21.0 Å². The number of hydrogen-bond acceptors (Lipinski definition) is 6. The van der Waals surface area contributed by atoms with Crippen molar-refractivity contribution in [3.63, 3.8) is 0 Å². The molecule has 0 N–H and O–H groups in total. The fourth-order valence-electron chi connectivity index (χ4n) is 2.87. The van der Waals surface area contributed by atoms with Gasteiger partial charge in [-0.25, -0.2) is 0 Å². The molecule has 0 saturated carbocycles. The Morgan fingerprint density at radius 2 is 1.73 bits per heavy atom. The third kappa shape index (κ3) is 4.22. The van der Waals surface area contributed by atoms with Crippen molar-refractivity contribution in [2.45, 2.75) is 6.54 Å². The molecule has 2 heterocycles. The van der Waals surface area contributed by atoms with Crippen LogP contribution in [0.25, 0.3) is 17.4 Å². The maximum atomic E-state index is 12.7. The third-order valence-corrected chi connectivity index (χ3v) is 5.83. The van der Waals surface area contributed by atoms with Crippen LogP contribution in [0.5, 0.6) is 0 Å². The minimum Gasteiger partial charge on any atom is -0.457 e. The molecule has 3 aromatic rings. The molecule has 1 aliphatic heterocycles. The van der Waals surface area contributed by atoms with Gasteiger partial charge in [0.25, 0.3) is 16.8 Å². The molecule has 2 aromatic carbocycles. The summed E-state index contributed by atoms with van der Waals surface area (Å²) < 4.78 is 6.75. The van der Waals surface area contributed by atoms with Crippen molar-refractivity contribution in [1.29, 1.82) is 0 Å². The minimum absolute atomic E-state index is 0.0439. The van der Waals surface area contributed by atoms with Crippen molar-refractivity contribution < 1.29 is 18.9 Å². The lowest BCUT2D eigenvalue weighted by Gasteiger charge is -2.12. The Balaban J connectivity index is 1.50. The highest BCUT2D eigenvalue weighted by Gasteiger charge is 2.35. The molecule has 0 radical (unpaired) electrons. The Morgan fingerprint density at radius 1 is 1.03 bits per heavy atom. The molecule has 1 saturated heterocycles. The summed E-state index contributed by atoms with van der Waals surface area (Å²) in [7, 11) is 0. The van der Waals surface area contributed by atoms with Crippen molar-refractivity contribution in [1.82, 2.24) is 4.90 Å². The summed E-state index contributed by atoms with van der Waals surface area (Å²) in [6, 6.07) is 16.9. The molecule has 0 bridgehead atoms. The number of nitro benzene ring substituents is 1. The number of rotatable bonds is 5. The van der Waals surface area contributed by atoms with Gasteiger partial charge in [-0.15, -0.1) is 0 Å². The first kappa shape index (κ1) is 20.1. The summed E-state index contributed by atoms with van der Waals surface area (Å²) in [5.74, 6) is 0.692. The van der Waals surface area contributed by atoms with Crippen molar-refractivity contribution >= 4 is 50.6 Å². The van der Waals surface area contributed by atoms with E-state index < -0.39 is 16.1 Å². The average molecular weight is 485 g/mol. The fraction of sp³-hybridized carbons (Fsp3) is 0.0476. The van der Waals surface area contributed by atoms with Crippen LogP contribution < -0.4 is 0 Å². The number of carbonyl (C=O) groups excluding carboxylic acids is 2. The van der Waals surface area contributed by atoms with Gasteiger partial charge in [-0.05, 0) is 41.6 Å². The second kappa shape index (κ2) is 8.29. The van der Waals surface area contributed by atoms with Gasteiger partial charge in [0.1, 0.15) is 11.5 Å². The van der Waals surface area contributed by atoms with Gasteiger partial charge in [0.2, 0.25) is 0 Å². The molecular formula is C21H13BrN2O5S. The number of halogens is 1. The Hall–Kier alpha value is -3.17. The summed E-state index contributed by atoms with van der Waals surface area (Å²) in [6.45, 7) is 0.0439. The van der Waals surface area contributed by atoms with E-state index in [-0.39, 0.29) is 17.1 Å². The molecule has 9 heteroatoms. The van der Waals surface area contributed by atoms with E-state index in [0.29, 0.717) is 17.1 Å². The van der Waals surface area contributed by atoms with E-state index in [1.165, 1.54) is 24.3 Å². The first-order valence-electron chi connectivity index (χ1n) is 8.75. The van der Waals surface area contributed by atoms with Crippen molar-refractivity contribution in [2.75, 3.05) is 0 Å². The van der Waals surface area contributed by atoms with Gasteiger partial charge >= 0.3 is 0 Å². The van der Waals surface area contributed by atoms with E-state index in [0.717, 1.165) is 26.7 Å². The van der Waals surface area contributed by atoms with Crippen molar-refractivity contribution in [2.24, 2.45) is 0 Å². The minimum atomic E-state index is -0.501. The number of benzene rings is 2. The highest BCUT2D eigenvalue weighted by molar-refractivity contribution is 9.10. The second-order valence-electron chi connectivity index (χ2n) is 6.40. The van der Waals surface area contributed by atoms with Gasteiger partial charge in [0, 0.05) is 28.2 Å². The molecule has 0 spiro atoms. The first-order valence-corrected chi connectivity index (χ1v) is 10.4. The van der Waals surface area contributed by atoms with Crippen LogP contribution in [-0.2, 0) is 11.3 Å². The predicted octanol–water partition coefficient (Wildman–Crippen LogP) is 5.85. The molecule has 0 atom stereocenters. The van der Waals surface area contributed by atoms with E-state index in [4.69, 9.17) is 4.42 Å². The average Bonchev–Trinajstić information content (AvgIpc) is 3.29. The molecule has 0 unspecified atom stereocenters. The molecular weight excluding hydrogens is 472 g/mol. The van der Waals surface area contributed by atoms with Crippen LogP contribution in [0.4, 0.5) is 10.5 Å². The number of nitrogens with zero attached hydrogens (tertiary/aromatic N) is 2. The summed E-state index contributed by atoms with van der Waals surface area (Å²) in [5, 5.41) is 10.4. The highest BCUT2D eigenvalue weighted by Crippen LogP contribution is 2.34. The quantitative estimate of drug-likeness (QED) is 0.256. The van der Waals surface area contributed by atoms with Crippen LogP contribution in [0.1, 0.15) is 11.3 Å². The van der Waals surface area contributed by atoms with E-state index in [1.54, 1.807) is 18.2 Å². The number of furan rings is 1. The maximum absolute atomic E-state index is 12.7. The lowest BCUT2D eigenvalue weighted by atomic mass is 10.2. The third-order valence-electron chi connectivity index (χ3n) is 4.39. The molecule has 1 aromatic heterocycles. The van der Waals surface area contributed by atoms with Gasteiger partial charge in [-0.1, -0.05) is 40.2 Å². The van der Waals surface area contributed by atoms with Crippen LogP contribution >= 0.6 is 27.7 Å². The lowest BCUT2D eigenvalue weighted by molar-refractivity contribution is -0.384. The molecule has 150 valence electrons. The Bertz CT molecular complexity index is 1170. The number of carbonyl (C=O) groups is 2. The largest absolute Gasteiger partial charge is 0.457 e. The second-order valence-corrected chi connectivity index (χ2v) is 8.31. The fourth-order valence-corrected chi connectivity index (χ4v) is 3.95. The highest BCUT2D eigenvalue weighted by atomic mass is 79.9. The zero-order chi connectivity index (χ0) is 21.3. The molecule has 2 amide bonds. The normalized spacial score (nSPS) is 15.2. The smallest absolute Gasteiger partial charge is 0.293 e. The van der Waals surface area contributed by atoms with Crippen LogP contribution in [0.15, 0.2) is 74.5 Å². The van der Waals surface area contributed by atoms with E-state index in [2.05, 4.69) is 15.9 Å². The van der Waals surface area contributed by atoms with Gasteiger partial charge in [-0.3, -0.25) is 24.6 Å². The maximum Gasteiger partial charge on any atom is 0.293 e. The number of hydrogen-bond donors (Lipinski definition) is 0. The number of amides is 2. The lowest BCUT2D eigenvalue weighted by Crippen LogP contribution is -2.27. The number of thioether (sulfide) groups is 1. The number of nitro groups is 1. The van der Waals surface area contributed by atoms with Gasteiger partial charge < -0.3 is 4.42 Å². The Labute approximate surface area is 183 Å². The molecule has 4 rings (SSSR count). The van der Waals surface area contributed by atoms with Crippen molar-refractivity contribution in [3.05, 3.63) is 91.5 Å². The standard InChI is InChI=1S/C21H13BrN2O5S/c22-15-5-3-14(4-6-15)18-10-9-17(29-18)11-19-20(25)23(21(26)30-19)12-13-1-7-16(8-2-13)24(27)28/h1-11H,12H2/b19-11+. The first-order chi connectivity index (χ1) is 14.4. The zero-order valence-electron chi connectivity index (χ0n) is 15.3. The zero-order valence-corrected chi connectivity index (χ0v) is 17.7. The van der Waals surface area contributed by atoms with E-state index in [1.807, 2.05) is 24.3 Å². The van der Waals surface area contributed by atoms with E-state index >= 15 is 0 Å². The molecule has 0 aliphatic carbocycles. The Kier molecular flexibility index (Phi) is 5.56. The van der Waals surface area contributed by atoms with Crippen LogP contribution in [0.2, 0.25) is 0 Å². The summed E-state index contributed by atoms with van der Waals surface area (Å²) in [4.78, 5) is 36.6. The van der Waals surface area contributed by atoms with Crippen molar-refractivity contribution in [3.8, 4) is 11.3 Å². The number of imide groups is 1. The molecule has 7 nitrogen and oxygen atoms in total. The topological polar surface area (TPSA) is 93.7 Å². The van der Waals surface area contributed by atoms with E-state index in [9.17, 15) is 19.7 Å². The van der Waals surface area contributed by atoms with Gasteiger partial charge in [0.05, 0.1) is 16.4 Å². The SMILES string of the molecule is O=C1S/C(=C/c2ccc(-c3ccc(Br)cc3)o2)C(=O)N1Cc1ccc([N+](=O)[O-])cc1. The summed E-state index contributed by atoms with van der Waals surface area (Å²) >= 11 is 4.22. The summed E-state index contributed by atoms with van der Waals surface area (Å²) in [5.41, 5.74) is 1.47. The molecule has 1 aliphatic rings. The van der Waals surface area contributed by atoms with Crippen LogP contribution in [0.3, 0.4) is 0 Å². The van der Waals surface area contributed by atoms with Crippen LogP contribution in [0, 0.1) is 10.1 Å². The number of non-ortho nitro benzene ring substituents is 1. The van der Waals surface area contributed by atoms with Gasteiger partial charge in [-0.2, -0.15) is 0 Å². The molecule has 1 fully saturated rings. The summed E-state index contributed by atoms with van der Waals surface area (Å²) in [6.07, 6.45) is 1.54. The van der Waals surface area contributed by atoms with Gasteiger partial charge in [0.15, 0.2) is 0 Å².